The molecular weight excluding hydrogens is 529 g/mol. The molecule has 0 radical (unpaired) electrons. The number of nitro benzene ring substituents is 2. The van der Waals surface area contributed by atoms with Crippen LogP contribution in [0.3, 0.4) is 0 Å². The van der Waals surface area contributed by atoms with Crippen LogP contribution < -0.4 is 5.32 Å². The monoisotopic (exact) mass is 536 g/mol. The third-order valence-corrected chi connectivity index (χ3v) is 6.01. The molecule has 0 saturated heterocycles. The molecule has 0 fully saturated rings. The Bertz CT molecular complexity index is 1070. The number of nitriles is 1. The highest BCUT2D eigenvalue weighted by molar-refractivity contribution is 9.11. The summed E-state index contributed by atoms with van der Waals surface area (Å²) in [6.07, 6.45) is -5.12. The Morgan fingerprint density at radius 1 is 1.03 bits per heavy atom. The molecule has 0 atom stereocenters. The number of halogens is 5. The molecule has 0 aromatic heterocycles. The summed E-state index contributed by atoms with van der Waals surface area (Å²) in [5, 5.41) is 34.0. The van der Waals surface area contributed by atoms with E-state index < -0.39 is 38.6 Å². The van der Waals surface area contributed by atoms with Crippen molar-refractivity contribution in [3.63, 3.8) is 0 Å². The molecule has 0 saturated carbocycles. The molecule has 8 nitrogen and oxygen atoms in total. The van der Waals surface area contributed by atoms with E-state index in [9.17, 15) is 38.7 Å². The summed E-state index contributed by atoms with van der Waals surface area (Å²) in [5.74, 6) is 0. The van der Waals surface area contributed by atoms with Crippen molar-refractivity contribution >= 4 is 54.6 Å². The second-order valence-electron chi connectivity index (χ2n) is 5.76. The number of rotatable bonds is 4. The van der Waals surface area contributed by atoms with Gasteiger partial charge in [0.1, 0.15) is 5.69 Å². The Labute approximate surface area is 177 Å². The zero-order valence-corrected chi connectivity index (χ0v) is 17.7. The molecule has 0 unspecified atom stereocenters. The Kier molecular flexibility index (Phi) is 6.19. The van der Waals surface area contributed by atoms with E-state index >= 15 is 0 Å². The van der Waals surface area contributed by atoms with E-state index in [1.807, 2.05) is 6.07 Å². The molecule has 2 rings (SSSR count). The molecule has 0 spiro atoms. The van der Waals surface area contributed by atoms with Gasteiger partial charge in [0.05, 0.1) is 38.8 Å². The van der Waals surface area contributed by atoms with E-state index in [-0.39, 0.29) is 26.3 Å². The molecule has 1 N–H and O–H groups in total. The van der Waals surface area contributed by atoms with Crippen LogP contribution in [0.1, 0.15) is 22.3 Å². The molecule has 0 aliphatic rings. The minimum Gasteiger partial charge on any atom is -0.348 e. The number of anilines is 2. The maximum atomic E-state index is 13.6. The van der Waals surface area contributed by atoms with Crippen LogP contribution in [0.4, 0.5) is 35.9 Å². The van der Waals surface area contributed by atoms with E-state index in [0.717, 1.165) is 0 Å². The first-order valence-electron chi connectivity index (χ1n) is 7.50. The molecule has 0 aliphatic heterocycles. The van der Waals surface area contributed by atoms with E-state index in [0.29, 0.717) is 17.2 Å². The molecule has 29 heavy (non-hydrogen) atoms. The van der Waals surface area contributed by atoms with Crippen LogP contribution in [0.15, 0.2) is 21.1 Å². The van der Waals surface area contributed by atoms with Crippen LogP contribution in [-0.2, 0) is 6.18 Å². The smallest absolute Gasteiger partial charge is 0.348 e. The minimum atomic E-state index is -5.12. The summed E-state index contributed by atoms with van der Waals surface area (Å²) < 4.78 is 41.1. The van der Waals surface area contributed by atoms with Gasteiger partial charge in [0.2, 0.25) is 0 Å². The average molecular weight is 538 g/mol. The third-order valence-electron chi connectivity index (χ3n) is 4.02. The van der Waals surface area contributed by atoms with Crippen molar-refractivity contribution in [2.45, 2.75) is 20.0 Å². The van der Waals surface area contributed by atoms with Gasteiger partial charge in [-0.25, -0.2) is 0 Å². The van der Waals surface area contributed by atoms with E-state index in [1.165, 1.54) is 0 Å². The van der Waals surface area contributed by atoms with Crippen LogP contribution in [0.5, 0.6) is 0 Å². The van der Waals surface area contributed by atoms with Crippen molar-refractivity contribution in [1.82, 2.24) is 0 Å². The standard InChI is InChI=1S/C16H9Br2F3N4O4/c1-6-9(5-22)7(2)13(18)15(12(6)17)23-14-10(16(19,20)21)3-8(24(26)27)4-11(14)25(28)29/h3-4,23H,1-2H3. The normalized spacial score (nSPS) is 11.1. The van der Waals surface area contributed by atoms with Crippen LogP contribution in [-0.4, -0.2) is 9.85 Å². The molecule has 13 heteroatoms. The number of alkyl halides is 3. The zero-order valence-electron chi connectivity index (χ0n) is 14.5. The second-order valence-corrected chi connectivity index (χ2v) is 7.35. The van der Waals surface area contributed by atoms with Crippen LogP contribution in [0.2, 0.25) is 0 Å². The highest BCUT2D eigenvalue weighted by Gasteiger charge is 2.40. The number of hydrogen-bond acceptors (Lipinski definition) is 6. The largest absolute Gasteiger partial charge is 0.418 e. The summed E-state index contributed by atoms with van der Waals surface area (Å²) in [4.78, 5) is 20.0. The summed E-state index contributed by atoms with van der Waals surface area (Å²) >= 11 is 6.37. The summed E-state index contributed by atoms with van der Waals surface area (Å²) in [6.45, 7) is 3.09. The minimum absolute atomic E-state index is 0.00135. The maximum absolute atomic E-state index is 13.6. The summed E-state index contributed by atoms with van der Waals surface area (Å²) in [6, 6.07) is 2.64. The third kappa shape index (κ3) is 4.18. The summed E-state index contributed by atoms with van der Waals surface area (Å²) in [7, 11) is 0. The van der Waals surface area contributed by atoms with Crippen molar-refractivity contribution in [3.05, 3.63) is 63.6 Å². The van der Waals surface area contributed by atoms with Gasteiger partial charge in [0.25, 0.3) is 11.4 Å². The zero-order chi connectivity index (χ0) is 22.3. The predicted octanol–water partition coefficient (Wildman–Crippen LogP) is 6.28. The Morgan fingerprint density at radius 3 is 1.93 bits per heavy atom. The highest BCUT2D eigenvalue weighted by Crippen LogP contribution is 2.47. The molecule has 152 valence electrons. The first kappa shape index (κ1) is 22.6. The van der Waals surface area contributed by atoms with Gasteiger partial charge in [0.15, 0.2) is 0 Å². The fourth-order valence-corrected chi connectivity index (χ4v) is 3.85. The van der Waals surface area contributed by atoms with Gasteiger partial charge >= 0.3 is 6.18 Å². The number of nitro groups is 2. The van der Waals surface area contributed by atoms with Gasteiger partial charge in [0, 0.05) is 15.0 Å². The van der Waals surface area contributed by atoms with E-state index in [1.54, 1.807) is 13.8 Å². The fraction of sp³-hybridized carbons (Fsp3) is 0.188. The fourth-order valence-electron chi connectivity index (χ4n) is 2.59. The van der Waals surface area contributed by atoms with Crippen LogP contribution in [0, 0.1) is 45.4 Å². The number of nitrogens with zero attached hydrogens (tertiary/aromatic N) is 3. The lowest BCUT2D eigenvalue weighted by Crippen LogP contribution is -2.12. The molecule has 0 bridgehead atoms. The lowest BCUT2D eigenvalue weighted by molar-refractivity contribution is -0.394. The lowest BCUT2D eigenvalue weighted by Gasteiger charge is -2.19. The Balaban J connectivity index is 2.88. The maximum Gasteiger partial charge on any atom is 0.418 e. The molecule has 2 aromatic carbocycles. The quantitative estimate of drug-likeness (QED) is 0.362. The number of nitrogens with one attached hydrogen (secondary N) is 1. The average Bonchev–Trinajstić information content (AvgIpc) is 2.62. The van der Waals surface area contributed by atoms with Crippen molar-refractivity contribution in [2.75, 3.05) is 5.32 Å². The molecule has 0 amide bonds. The number of benzene rings is 2. The first-order chi connectivity index (χ1) is 13.3. The number of hydrogen-bond donors (Lipinski definition) is 1. The molecular formula is C16H9Br2F3N4O4. The predicted molar refractivity (Wildman–Crippen MR) is 104 cm³/mol. The van der Waals surface area contributed by atoms with Crippen LogP contribution >= 0.6 is 31.9 Å². The second kappa shape index (κ2) is 7.96. The van der Waals surface area contributed by atoms with Gasteiger partial charge in [-0.15, -0.1) is 0 Å². The number of non-ortho nitro benzene ring substituents is 1. The molecule has 0 aliphatic carbocycles. The van der Waals surface area contributed by atoms with Crippen molar-refractivity contribution in [3.8, 4) is 6.07 Å². The molecule has 0 heterocycles. The SMILES string of the molecule is Cc1c(Br)c(Nc2c([N+](=O)[O-])cc([N+](=O)[O-])cc2C(F)(F)F)c(Br)c(C)c1C#N. The lowest BCUT2D eigenvalue weighted by atomic mass is 10.0. The van der Waals surface area contributed by atoms with Crippen molar-refractivity contribution in [2.24, 2.45) is 0 Å². The van der Waals surface area contributed by atoms with E-state index in [2.05, 4.69) is 37.2 Å². The van der Waals surface area contributed by atoms with Gasteiger partial charge in [-0.3, -0.25) is 20.2 Å². The van der Waals surface area contributed by atoms with Gasteiger partial charge < -0.3 is 5.32 Å². The van der Waals surface area contributed by atoms with Crippen molar-refractivity contribution in [1.29, 1.82) is 5.26 Å². The van der Waals surface area contributed by atoms with Gasteiger partial charge in [-0.2, -0.15) is 18.4 Å². The Morgan fingerprint density at radius 2 is 1.55 bits per heavy atom. The van der Waals surface area contributed by atoms with Crippen LogP contribution in [0.25, 0.3) is 0 Å². The molecule has 2 aromatic rings. The van der Waals surface area contributed by atoms with Crippen molar-refractivity contribution < 1.29 is 23.0 Å². The van der Waals surface area contributed by atoms with Gasteiger partial charge in [-0.05, 0) is 56.8 Å². The first-order valence-corrected chi connectivity index (χ1v) is 9.09. The summed E-state index contributed by atoms with van der Waals surface area (Å²) in [5.41, 5.74) is -3.66. The van der Waals surface area contributed by atoms with E-state index in [4.69, 9.17) is 0 Å². The van der Waals surface area contributed by atoms with Gasteiger partial charge in [-0.1, -0.05) is 0 Å². The topological polar surface area (TPSA) is 122 Å². The highest BCUT2D eigenvalue weighted by atomic mass is 79.9. The Hall–Kier alpha value is -2.72.